The van der Waals surface area contributed by atoms with Crippen LogP contribution in [-0.2, 0) is 0 Å². The molecule has 1 aromatic rings. The van der Waals surface area contributed by atoms with Crippen LogP contribution in [0.15, 0.2) is 24.3 Å². The summed E-state index contributed by atoms with van der Waals surface area (Å²) in [6.07, 6.45) is 2.24. The van der Waals surface area contributed by atoms with Gasteiger partial charge in [0, 0.05) is 12.0 Å². The predicted molar refractivity (Wildman–Crippen MR) is 58.7 cm³/mol. The van der Waals surface area contributed by atoms with Crippen LogP contribution >= 0.6 is 0 Å². The Hall–Kier alpha value is -1.13. The summed E-state index contributed by atoms with van der Waals surface area (Å²) in [4.78, 5) is 0. The highest BCUT2D eigenvalue weighted by molar-refractivity contribution is 5.22. The third-order valence-corrected chi connectivity index (χ3v) is 3.03. The Morgan fingerprint density at radius 3 is 2.69 bits per heavy atom. The number of halogens is 1. The van der Waals surface area contributed by atoms with Gasteiger partial charge in [0.1, 0.15) is 17.7 Å². The second-order valence-corrected chi connectivity index (χ2v) is 4.46. The fourth-order valence-electron chi connectivity index (χ4n) is 2.06. The number of ether oxygens (including phenoxy) is 1. The van der Waals surface area contributed by atoms with Crippen LogP contribution < -0.4 is 10.5 Å². The van der Waals surface area contributed by atoms with E-state index in [0.29, 0.717) is 12.2 Å². The van der Waals surface area contributed by atoms with Crippen LogP contribution in [0.25, 0.3) is 0 Å². The molecule has 1 aliphatic rings. The van der Waals surface area contributed by atoms with Gasteiger partial charge in [0.15, 0.2) is 0 Å². The minimum Gasteiger partial charge on any atom is -0.490 e. The van der Waals surface area contributed by atoms with Crippen LogP contribution in [0.2, 0.25) is 0 Å². The third-order valence-electron chi connectivity index (χ3n) is 3.03. The maximum atomic E-state index is 12.7. The molecule has 0 heterocycles. The molecular weight excluding hydrogens is 209 g/mol. The van der Waals surface area contributed by atoms with Crippen molar-refractivity contribution in [2.75, 3.05) is 6.61 Å². The van der Waals surface area contributed by atoms with Crippen LogP contribution in [0.4, 0.5) is 4.39 Å². The van der Waals surface area contributed by atoms with Crippen LogP contribution in [0.1, 0.15) is 19.3 Å². The van der Waals surface area contributed by atoms with Crippen LogP contribution in [0.3, 0.4) is 0 Å². The summed E-state index contributed by atoms with van der Waals surface area (Å²) in [7, 11) is 0. The van der Waals surface area contributed by atoms with E-state index in [0.717, 1.165) is 12.8 Å². The summed E-state index contributed by atoms with van der Waals surface area (Å²) >= 11 is 0. The van der Waals surface area contributed by atoms with Crippen LogP contribution in [-0.4, -0.2) is 23.4 Å². The molecule has 16 heavy (non-hydrogen) atoms. The zero-order valence-electron chi connectivity index (χ0n) is 9.03. The van der Waals surface area contributed by atoms with Gasteiger partial charge >= 0.3 is 0 Å². The summed E-state index contributed by atoms with van der Waals surface area (Å²) in [5.41, 5.74) is 5.43. The lowest BCUT2D eigenvalue weighted by Gasteiger charge is -2.20. The van der Waals surface area contributed by atoms with E-state index in [1.165, 1.54) is 12.1 Å². The van der Waals surface area contributed by atoms with Crippen molar-refractivity contribution in [2.24, 2.45) is 5.73 Å². The Morgan fingerprint density at radius 1 is 1.44 bits per heavy atom. The molecule has 1 fully saturated rings. The van der Waals surface area contributed by atoms with Crippen molar-refractivity contribution in [3.63, 3.8) is 0 Å². The first-order valence-electron chi connectivity index (χ1n) is 5.43. The molecule has 1 aliphatic carbocycles. The molecule has 0 aliphatic heterocycles. The van der Waals surface area contributed by atoms with Gasteiger partial charge in [-0.1, -0.05) is 0 Å². The molecule has 0 spiro atoms. The normalized spacial score (nSPS) is 29.3. The number of aliphatic hydroxyl groups is 1. The molecule has 2 atom stereocenters. The van der Waals surface area contributed by atoms with Gasteiger partial charge in [-0.15, -0.1) is 0 Å². The van der Waals surface area contributed by atoms with E-state index in [-0.39, 0.29) is 18.5 Å². The van der Waals surface area contributed by atoms with Crippen molar-refractivity contribution in [1.82, 2.24) is 0 Å². The van der Waals surface area contributed by atoms with Gasteiger partial charge in [-0.05, 0) is 37.1 Å². The standard InChI is InChI=1S/C12H16FNO2/c13-9-1-3-10(4-2-9)16-11-5-6-12(14,7-11)8-15/h1-4,11,15H,5-8,14H2. The molecule has 0 bridgehead atoms. The molecule has 4 heteroatoms. The number of hydrogen-bond acceptors (Lipinski definition) is 3. The van der Waals surface area contributed by atoms with Crippen molar-refractivity contribution in [3.8, 4) is 5.75 Å². The van der Waals surface area contributed by atoms with Crippen molar-refractivity contribution in [1.29, 1.82) is 0 Å². The summed E-state index contributed by atoms with van der Waals surface area (Å²) < 4.78 is 18.3. The fraction of sp³-hybridized carbons (Fsp3) is 0.500. The lowest BCUT2D eigenvalue weighted by atomic mass is 10.0. The van der Waals surface area contributed by atoms with Crippen molar-refractivity contribution in [3.05, 3.63) is 30.1 Å². The molecule has 2 unspecified atom stereocenters. The highest BCUT2D eigenvalue weighted by Crippen LogP contribution is 2.30. The number of rotatable bonds is 3. The maximum absolute atomic E-state index is 12.7. The molecule has 1 saturated carbocycles. The van der Waals surface area contributed by atoms with Crippen molar-refractivity contribution in [2.45, 2.75) is 30.9 Å². The van der Waals surface area contributed by atoms with Gasteiger partial charge in [-0.3, -0.25) is 0 Å². The molecule has 1 aromatic carbocycles. The molecule has 3 nitrogen and oxygen atoms in total. The van der Waals surface area contributed by atoms with Gasteiger partial charge in [0.25, 0.3) is 0 Å². The smallest absolute Gasteiger partial charge is 0.123 e. The lowest BCUT2D eigenvalue weighted by molar-refractivity contribution is 0.165. The zero-order valence-corrected chi connectivity index (χ0v) is 9.03. The summed E-state index contributed by atoms with van der Waals surface area (Å²) in [5, 5.41) is 9.12. The minimum atomic E-state index is -0.509. The topological polar surface area (TPSA) is 55.5 Å². The molecular formula is C12H16FNO2. The molecule has 0 aromatic heterocycles. The highest BCUT2D eigenvalue weighted by Gasteiger charge is 2.36. The quantitative estimate of drug-likeness (QED) is 0.818. The summed E-state index contributed by atoms with van der Waals surface area (Å²) in [6.45, 7) is -0.0176. The molecule has 0 radical (unpaired) electrons. The summed E-state index contributed by atoms with van der Waals surface area (Å²) in [5.74, 6) is 0.371. The lowest BCUT2D eigenvalue weighted by Crippen LogP contribution is -2.41. The molecule has 88 valence electrons. The highest BCUT2D eigenvalue weighted by atomic mass is 19.1. The van der Waals surface area contributed by atoms with Gasteiger partial charge in [-0.2, -0.15) is 0 Å². The van der Waals surface area contributed by atoms with E-state index >= 15 is 0 Å². The fourth-order valence-corrected chi connectivity index (χ4v) is 2.06. The predicted octanol–water partition coefficient (Wildman–Crippen LogP) is 1.45. The average Bonchev–Trinajstić information content (AvgIpc) is 2.65. The van der Waals surface area contributed by atoms with Gasteiger partial charge in [-0.25, -0.2) is 4.39 Å². The van der Waals surface area contributed by atoms with Gasteiger partial charge in [0.2, 0.25) is 0 Å². The second kappa shape index (κ2) is 4.39. The molecule has 0 amide bonds. The van der Waals surface area contributed by atoms with Crippen LogP contribution in [0, 0.1) is 5.82 Å². The first kappa shape index (κ1) is 11.4. The summed E-state index contributed by atoms with van der Waals surface area (Å²) in [6, 6.07) is 5.94. The van der Waals surface area contributed by atoms with Gasteiger partial charge in [0.05, 0.1) is 6.61 Å². The Kier molecular flexibility index (Phi) is 3.12. The maximum Gasteiger partial charge on any atom is 0.123 e. The molecule has 3 N–H and O–H groups in total. The van der Waals surface area contributed by atoms with E-state index in [1.807, 2.05) is 0 Å². The number of hydrogen-bond donors (Lipinski definition) is 2. The van der Waals surface area contributed by atoms with Gasteiger partial charge < -0.3 is 15.6 Å². The monoisotopic (exact) mass is 225 g/mol. The average molecular weight is 225 g/mol. The Bertz CT molecular complexity index is 355. The van der Waals surface area contributed by atoms with Crippen LogP contribution in [0.5, 0.6) is 5.75 Å². The number of aliphatic hydroxyl groups excluding tert-OH is 1. The van der Waals surface area contributed by atoms with E-state index in [2.05, 4.69) is 0 Å². The first-order valence-corrected chi connectivity index (χ1v) is 5.43. The van der Waals surface area contributed by atoms with Crippen molar-refractivity contribution >= 4 is 0 Å². The molecule has 2 rings (SSSR count). The van der Waals surface area contributed by atoms with E-state index < -0.39 is 5.54 Å². The van der Waals surface area contributed by atoms with E-state index in [1.54, 1.807) is 12.1 Å². The number of nitrogens with two attached hydrogens (primary N) is 1. The van der Waals surface area contributed by atoms with E-state index in [9.17, 15) is 4.39 Å². The minimum absolute atomic E-state index is 0.0163. The third kappa shape index (κ3) is 2.51. The first-order chi connectivity index (χ1) is 7.61. The largest absolute Gasteiger partial charge is 0.490 e. The second-order valence-electron chi connectivity index (χ2n) is 4.46. The van der Waals surface area contributed by atoms with Crippen molar-refractivity contribution < 1.29 is 14.2 Å². The molecule has 0 saturated heterocycles. The van der Waals surface area contributed by atoms with E-state index in [4.69, 9.17) is 15.6 Å². The Labute approximate surface area is 94.0 Å². The SMILES string of the molecule is NC1(CO)CCC(Oc2ccc(F)cc2)C1. The zero-order chi connectivity index (χ0) is 11.6. The Morgan fingerprint density at radius 2 is 2.12 bits per heavy atom. The number of benzene rings is 1. The Balaban J connectivity index is 1.94.